The third-order valence-corrected chi connectivity index (χ3v) is 3.37. The van der Waals surface area contributed by atoms with Gasteiger partial charge in [0, 0.05) is 26.4 Å². The van der Waals surface area contributed by atoms with Gasteiger partial charge in [0.25, 0.3) is 0 Å². The molecule has 0 spiro atoms. The molecule has 108 valence electrons. The van der Waals surface area contributed by atoms with Crippen molar-refractivity contribution in [2.24, 2.45) is 0 Å². The molecule has 0 amide bonds. The number of aromatic nitrogens is 2. The van der Waals surface area contributed by atoms with E-state index in [4.69, 9.17) is 4.74 Å². The second-order valence-electron chi connectivity index (χ2n) is 5.00. The molecule has 4 heteroatoms. The summed E-state index contributed by atoms with van der Waals surface area (Å²) in [5.41, 5.74) is 3.77. The maximum Gasteiger partial charge on any atom is 0.203 e. The lowest BCUT2D eigenvalue weighted by Crippen LogP contribution is -2.13. The summed E-state index contributed by atoms with van der Waals surface area (Å²) >= 11 is 0. The Bertz CT molecular complexity index is 548. The number of hydrogen-bond acceptors (Lipinski definition) is 3. The van der Waals surface area contributed by atoms with Crippen molar-refractivity contribution in [3.05, 3.63) is 47.3 Å². The minimum absolute atomic E-state index is 0.684. The van der Waals surface area contributed by atoms with Gasteiger partial charge in [0.1, 0.15) is 0 Å². The average molecular weight is 273 g/mol. The second-order valence-corrected chi connectivity index (χ2v) is 5.00. The first-order chi connectivity index (χ1) is 9.70. The average Bonchev–Trinajstić information content (AvgIpc) is 2.78. The van der Waals surface area contributed by atoms with Gasteiger partial charge in [0.05, 0.1) is 12.3 Å². The Kier molecular flexibility index (Phi) is 5.18. The van der Waals surface area contributed by atoms with Crippen LogP contribution in [-0.2, 0) is 17.7 Å². The number of imidazole rings is 1. The fraction of sp³-hybridized carbons (Fsp3) is 0.438. The monoisotopic (exact) mass is 273 g/mol. The third kappa shape index (κ3) is 3.84. The Labute approximate surface area is 120 Å². The zero-order valence-electron chi connectivity index (χ0n) is 12.5. The Morgan fingerprint density at radius 3 is 2.80 bits per heavy atom. The standard InChI is InChI=1S/C16H23N3O/c1-13-6-4-5-7-15(13)8-10-19-12-14(2)18-16(19)17-9-11-20-3/h4-7,12H,8-11H2,1-3H3,(H,17,18). The van der Waals surface area contributed by atoms with Crippen LogP contribution in [0.2, 0.25) is 0 Å². The Morgan fingerprint density at radius 2 is 2.05 bits per heavy atom. The minimum atomic E-state index is 0.684. The topological polar surface area (TPSA) is 39.1 Å². The highest BCUT2D eigenvalue weighted by molar-refractivity contribution is 5.30. The van der Waals surface area contributed by atoms with Crippen LogP contribution in [0.1, 0.15) is 16.8 Å². The maximum absolute atomic E-state index is 5.06. The van der Waals surface area contributed by atoms with E-state index in [9.17, 15) is 0 Å². The van der Waals surface area contributed by atoms with E-state index in [0.717, 1.165) is 31.2 Å². The second kappa shape index (κ2) is 7.10. The van der Waals surface area contributed by atoms with Crippen LogP contribution in [0.5, 0.6) is 0 Å². The number of hydrogen-bond donors (Lipinski definition) is 1. The molecule has 1 aromatic heterocycles. The van der Waals surface area contributed by atoms with E-state index < -0.39 is 0 Å². The van der Waals surface area contributed by atoms with Crippen LogP contribution in [0.15, 0.2) is 30.5 Å². The van der Waals surface area contributed by atoms with Gasteiger partial charge >= 0.3 is 0 Å². The molecular formula is C16H23N3O. The predicted molar refractivity (Wildman–Crippen MR) is 82.2 cm³/mol. The molecule has 2 rings (SSSR count). The quantitative estimate of drug-likeness (QED) is 0.788. The molecule has 0 aliphatic carbocycles. The summed E-state index contributed by atoms with van der Waals surface area (Å²) in [6.45, 7) is 6.57. The van der Waals surface area contributed by atoms with E-state index in [0.29, 0.717) is 6.61 Å². The van der Waals surface area contributed by atoms with Gasteiger partial charge in [0.15, 0.2) is 0 Å². The van der Waals surface area contributed by atoms with Crippen molar-refractivity contribution in [3.8, 4) is 0 Å². The first-order valence-corrected chi connectivity index (χ1v) is 7.02. The minimum Gasteiger partial charge on any atom is -0.383 e. The van der Waals surface area contributed by atoms with Crippen molar-refractivity contribution >= 4 is 5.95 Å². The van der Waals surface area contributed by atoms with Crippen molar-refractivity contribution in [2.75, 3.05) is 25.6 Å². The molecule has 1 aromatic carbocycles. The molecule has 0 saturated heterocycles. The predicted octanol–water partition coefficient (Wildman–Crippen LogP) is 2.80. The van der Waals surface area contributed by atoms with Crippen LogP contribution in [0.4, 0.5) is 5.95 Å². The normalized spacial score (nSPS) is 10.8. The van der Waals surface area contributed by atoms with E-state index in [1.54, 1.807) is 7.11 Å². The molecule has 0 saturated carbocycles. The van der Waals surface area contributed by atoms with Crippen LogP contribution in [0.25, 0.3) is 0 Å². The lowest BCUT2D eigenvalue weighted by molar-refractivity contribution is 0.210. The van der Waals surface area contributed by atoms with E-state index in [1.165, 1.54) is 11.1 Å². The van der Waals surface area contributed by atoms with Crippen LogP contribution in [0.3, 0.4) is 0 Å². The molecule has 0 aliphatic rings. The first kappa shape index (κ1) is 14.6. The van der Waals surface area contributed by atoms with Crippen LogP contribution in [0, 0.1) is 13.8 Å². The molecule has 1 heterocycles. The van der Waals surface area contributed by atoms with Gasteiger partial charge in [-0.15, -0.1) is 0 Å². The summed E-state index contributed by atoms with van der Waals surface area (Å²) in [4.78, 5) is 4.51. The van der Waals surface area contributed by atoms with Crippen molar-refractivity contribution < 1.29 is 4.74 Å². The van der Waals surface area contributed by atoms with Crippen LogP contribution >= 0.6 is 0 Å². The van der Waals surface area contributed by atoms with Gasteiger partial charge in [-0.25, -0.2) is 4.98 Å². The smallest absolute Gasteiger partial charge is 0.203 e. The van der Waals surface area contributed by atoms with Crippen LogP contribution < -0.4 is 5.32 Å². The zero-order valence-corrected chi connectivity index (χ0v) is 12.5. The molecule has 0 bridgehead atoms. The van der Waals surface area contributed by atoms with Crippen molar-refractivity contribution in [1.29, 1.82) is 0 Å². The number of benzene rings is 1. The van der Waals surface area contributed by atoms with Gasteiger partial charge in [-0.2, -0.15) is 0 Å². The lowest BCUT2D eigenvalue weighted by atomic mass is 10.1. The Hall–Kier alpha value is -1.81. The van der Waals surface area contributed by atoms with Crippen molar-refractivity contribution in [2.45, 2.75) is 26.8 Å². The Morgan fingerprint density at radius 1 is 1.25 bits per heavy atom. The van der Waals surface area contributed by atoms with Gasteiger partial charge in [-0.3, -0.25) is 0 Å². The fourth-order valence-corrected chi connectivity index (χ4v) is 2.25. The number of anilines is 1. The summed E-state index contributed by atoms with van der Waals surface area (Å²) in [5, 5.41) is 3.31. The van der Waals surface area contributed by atoms with Crippen molar-refractivity contribution in [3.63, 3.8) is 0 Å². The largest absolute Gasteiger partial charge is 0.383 e. The third-order valence-electron chi connectivity index (χ3n) is 3.37. The number of methoxy groups -OCH3 is 1. The number of nitrogens with zero attached hydrogens (tertiary/aromatic N) is 2. The molecule has 4 nitrogen and oxygen atoms in total. The molecule has 1 N–H and O–H groups in total. The lowest BCUT2D eigenvalue weighted by Gasteiger charge is -2.10. The summed E-state index contributed by atoms with van der Waals surface area (Å²) in [6.07, 6.45) is 3.11. The molecule has 20 heavy (non-hydrogen) atoms. The molecule has 0 atom stereocenters. The molecule has 0 aliphatic heterocycles. The van der Waals surface area contributed by atoms with E-state index >= 15 is 0 Å². The SMILES string of the molecule is COCCNc1nc(C)cn1CCc1ccccc1C. The summed E-state index contributed by atoms with van der Waals surface area (Å²) < 4.78 is 7.23. The van der Waals surface area contributed by atoms with Gasteiger partial charge in [-0.05, 0) is 31.4 Å². The number of ether oxygens (including phenoxy) is 1. The van der Waals surface area contributed by atoms with E-state index in [-0.39, 0.29) is 0 Å². The maximum atomic E-state index is 5.06. The van der Waals surface area contributed by atoms with Gasteiger partial charge < -0.3 is 14.6 Å². The van der Waals surface area contributed by atoms with Gasteiger partial charge in [-0.1, -0.05) is 24.3 Å². The molecule has 2 aromatic rings. The molecule has 0 radical (unpaired) electrons. The van der Waals surface area contributed by atoms with E-state index in [1.807, 2.05) is 6.92 Å². The summed E-state index contributed by atoms with van der Waals surface area (Å²) in [6, 6.07) is 8.53. The van der Waals surface area contributed by atoms with Crippen molar-refractivity contribution in [1.82, 2.24) is 9.55 Å². The molecule has 0 unspecified atom stereocenters. The zero-order chi connectivity index (χ0) is 14.4. The van der Waals surface area contributed by atoms with Crippen LogP contribution in [-0.4, -0.2) is 29.8 Å². The highest BCUT2D eigenvalue weighted by atomic mass is 16.5. The number of aryl methyl sites for hydroxylation is 4. The van der Waals surface area contributed by atoms with E-state index in [2.05, 4.69) is 52.3 Å². The van der Waals surface area contributed by atoms with Gasteiger partial charge in [0.2, 0.25) is 5.95 Å². The highest BCUT2D eigenvalue weighted by Crippen LogP contribution is 2.13. The fourth-order valence-electron chi connectivity index (χ4n) is 2.25. The molecule has 0 fully saturated rings. The highest BCUT2D eigenvalue weighted by Gasteiger charge is 2.06. The number of rotatable bonds is 7. The Balaban J connectivity index is 2.00. The number of nitrogens with one attached hydrogen (secondary N) is 1. The summed E-state index contributed by atoms with van der Waals surface area (Å²) in [7, 11) is 1.71. The summed E-state index contributed by atoms with van der Waals surface area (Å²) in [5.74, 6) is 0.924. The molecular weight excluding hydrogens is 250 g/mol. The first-order valence-electron chi connectivity index (χ1n) is 7.02.